The van der Waals surface area contributed by atoms with Crippen LogP contribution < -0.4 is 11.1 Å². The average molecular weight is 261 g/mol. The number of nitrogens with two attached hydrogens (primary N) is 1. The number of carbonyl (C=O) groups is 1. The Morgan fingerprint density at radius 1 is 1.42 bits per heavy atom. The van der Waals surface area contributed by atoms with Crippen LogP contribution in [0.4, 0.5) is 15.8 Å². The molecule has 6 heteroatoms. The van der Waals surface area contributed by atoms with Crippen LogP contribution in [0.15, 0.2) is 36.5 Å². The summed E-state index contributed by atoms with van der Waals surface area (Å²) in [5.41, 5.74) is 6.52. The first-order valence-electron chi connectivity index (χ1n) is 5.54. The first kappa shape index (κ1) is 12.8. The van der Waals surface area contributed by atoms with Gasteiger partial charge in [-0.3, -0.25) is 4.98 Å². The topological polar surface area (TPSA) is 88.2 Å². The highest BCUT2D eigenvalue weighted by Gasteiger charge is 2.13. The first-order chi connectivity index (χ1) is 9.08. The van der Waals surface area contributed by atoms with Crippen molar-refractivity contribution in [3.63, 3.8) is 0 Å². The highest BCUT2D eigenvalue weighted by atomic mass is 19.1. The van der Waals surface area contributed by atoms with Crippen molar-refractivity contribution in [2.75, 3.05) is 11.1 Å². The molecular formula is C13H12FN3O2. The van der Waals surface area contributed by atoms with Crippen molar-refractivity contribution in [2.45, 2.75) is 6.54 Å². The van der Waals surface area contributed by atoms with Gasteiger partial charge in [-0.25, -0.2) is 9.18 Å². The van der Waals surface area contributed by atoms with Gasteiger partial charge in [-0.05, 0) is 24.3 Å². The molecule has 0 amide bonds. The number of rotatable bonds is 4. The van der Waals surface area contributed by atoms with E-state index in [4.69, 9.17) is 10.8 Å². The third-order valence-corrected chi connectivity index (χ3v) is 2.56. The molecule has 98 valence electrons. The number of anilines is 2. The molecule has 2 rings (SSSR count). The Hall–Kier alpha value is -2.63. The number of aromatic nitrogens is 1. The second-order valence-electron chi connectivity index (χ2n) is 3.90. The summed E-state index contributed by atoms with van der Waals surface area (Å²) in [5.74, 6) is -2.18. The van der Waals surface area contributed by atoms with Crippen molar-refractivity contribution in [3.8, 4) is 0 Å². The summed E-state index contributed by atoms with van der Waals surface area (Å²) in [5, 5.41) is 11.7. The van der Waals surface area contributed by atoms with Crippen molar-refractivity contribution >= 4 is 17.3 Å². The quantitative estimate of drug-likeness (QED) is 0.733. The molecule has 0 aliphatic carbocycles. The third kappa shape index (κ3) is 2.98. The molecule has 0 radical (unpaired) electrons. The molecule has 0 spiro atoms. The number of nitrogens with one attached hydrogen (secondary N) is 1. The van der Waals surface area contributed by atoms with Gasteiger partial charge in [0.1, 0.15) is 5.82 Å². The van der Waals surface area contributed by atoms with E-state index in [-0.39, 0.29) is 5.69 Å². The molecule has 0 saturated heterocycles. The average Bonchev–Trinajstić information content (AvgIpc) is 2.40. The Morgan fingerprint density at radius 3 is 2.84 bits per heavy atom. The van der Waals surface area contributed by atoms with Crippen molar-refractivity contribution in [1.29, 1.82) is 0 Å². The lowest BCUT2D eigenvalue weighted by molar-refractivity contribution is 0.0692. The van der Waals surface area contributed by atoms with Gasteiger partial charge in [0.25, 0.3) is 0 Å². The molecule has 2 aromatic rings. The van der Waals surface area contributed by atoms with E-state index in [1.165, 1.54) is 0 Å². The van der Waals surface area contributed by atoms with Gasteiger partial charge >= 0.3 is 5.97 Å². The first-order valence-corrected chi connectivity index (χ1v) is 5.54. The monoisotopic (exact) mass is 261 g/mol. The minimum atomic E-state index is -1.35. The highest BCUT2D eigenvalue weighted by molar-refractivity contribution is 5.90. The Bertz CT molecular complexity index is 602. The Balaban J connectivity index is 2.17. The highest BCUT2D eigenvalue weighted by Crippen LogP contribution is 2.23. The summed E-state index contributed by atoms with van der Waals surface area (Å²) < 4.78 is 13.5. The van der Waals surface area contributed by atoms with E-state index >= 15 is 0 Å². The number of carboxylic acids is 1. The maximum absolute atomic E-state index is 13.5. The van der Waals surface area contributed by atoms with Crippen molar-refractivity contribution < 1.29 is 14.3 Å². The van der Waals surface area contributed by atoms with Crippen molar-refractivity contribution in [1.82, 2.24) is 4.98 Å². The van der Waals surface area contributed by atoms with Gasteiger partial charge in [0, 0.05) is 6.20 Å². The molecule has 0 fully saturated rings. The smallest absolute Gasteiger partial charge is 0.338 e. The summed E-state index contributed by atoms with van der Waals surface area (Å²) in [6.07, 6.45) is 1.65. The van der Waals surface area contributed by atoms with Gasteiger partial charge in [-0.1, -0.05) is 6.07 Å². The van der Waals surface area contributed by atoms with Gasteiger partial charge in [0.15, 0.2) is 0 Å². The fraction of sp³-hybridized carbons (Fsp3) is 0.0769. The van der Waals surface area contributed by atoms with Crippen LogP contribution in [-0.2, 0) is 6.54 Å². The zero-order valence-corrected chi connectivity index (χ0v) is 9.93. The number of nitrogen functional groups attached to an aromatic ring is 1. The van der Waals surface area contributed by atoms with Gasteiger partial charge in [0.2, 0.25) is 0 Å². The van der Waals surface area contributed by atoms with E-state index in [9.17, 15) is 9.18 Å². The molecule has 5 nitrogen and oxygen atoms in total. The predicted molar refractivity (Wildman–Crippen MR) is 69.3 cm³/mol. The van der Waals surface area contributed by atoms with Gasteiger partial charge in [-0.2, -0.15) is 0 Å². The molecule has 0 atom stereocenters. The molecule has 4 N–H and O–H groups in total. The van der Waals surface area contributed by atoms with E-state index in [2.05, 4.69) is 10.3 Å². The lowest BCUT2D eigenvalue weighted by Gasteiger charge is -2.10. The maximum Gasteiger partial charge on any atom is 0.338 e. The van der Waals surface area contributed by atoms with Gasteiger partial charge in [0.05, 0.1) is 29.2 Å². The largest absolute Gasteiger partial charge is 0.478 e. The van der Waals surface area contributed by atoms with Crippen molar-refractivity contribution in [3.05, 3.63) is 53.6 Å². The molecule has 1 aromatic heterocycles. The Morgan fingerprint density at radius 2 is 2.21 bits per heavy atom. The summed E-state index contributed by atoms with van der Waals surface area (Å²) in [7, 11) is 0. The van der Waals surface area contributed by atoms with Crippen LogP contribution in [0.25, 0.3) is 0 Å². The molecule has 0 unspecified atom stereocenters. The zero-order chi connectivity index (χ0) is 13.8. The Kier molecular flexibility index (Phi) is 3.61. The fourth-order valence-corrected chi connectivity index (χ4v) is 1.60. The number of pyridine rings is 1. The van der Waals surface area contributed by atoms with Crippen LogP contribution in [0.1, 0.15) is 16.1 Å². The lowest BCUT2D eigenvalue weighted by Crippen LogP contribution is -2.07. The minimum Gasteiger partial charge on any atom is -0.478 e. The summed E-state index contributed by atoms with van der Waals surface area (Å²) in [4.78, 5) is 14.8. The number of hydrogen-bond donors (Lipinski definition) is 3. The SMILES string of the molecule is Nc1cc(C(=O)O)c(F)cc1NCc1ccccn1. The molecular weight excluding hydrogens is 249 g/mol. The van der Waals surface area contributed by atoms with Gasteiger partial charge in [-0.15, -0.1) is 0 Å². The number of carboxylic acid groups (broad SMARTS) is 1. The second kappa shape index (κ2) is 5.34. The second-order valence-corrected chi connectivity index (χ2v) is 3.90. The van der Waals surface area contributed by atoms with Crippen LogP contribution in [0.2, 0.25) is 0 Å². The van der Waals surface area contributed by atoms with E-state index in [0.717, 1.165) is 17.8 Å². The molecule has 0 aliphatic heterocycles. The molecule has 19 heavy (non-hydrogen) atoms. The van der Waals surface area contributed by atoms with Crippen LogP contribution >= 0.6 is 0 Å². The maximum atomic E-state index is 13.5. The summed E-state index contributed by atoms with van der Waals surface area (Å²) >= 11 is 0. The molecule has 1 aromatic carbocycles. The van der Waals surface area contributed by atoms with Crippen LogP contribution in [-0.4, -0.2) is 16.1 Å². The fourth-order valence-electron chi connectivity index (χ4n) is 1.60. The third-order valence-electron chi connectivity index (χ3n) is 2.56. The van der Waals surface area contributed by atoms with Crippen molar-refractivity contribution in [2.24, 2.45) is 0 Å². The predicted octanol–water partition coefficient (Wildman–Crippen LogP) is 2.11. The number of benzene rings is 1. The van der Waals surface area contributed by atoms with Crippen LogP contribution in [0, 0.1) is 5.82 Å². The van der Waals surface area contributed by atoms with E-state index in [0.29, 0.717) is 12.2 Å². The normalized spacial score (nSPS) is 10.2. The lowest BCUT2D eigenvalue weighted by atomic mass is 10.1. The van der Waals surface area contributed by atoms with Gasteiger partial charge < -0.3 is 16.2 Å². The summed E-state index contributed by atoms with van der Waals surface area (Å²) in [6, 6.07) is 7.60. The molecule has 1 heterocycles. The van der Waals surface area contributed by atoms with E-state index in [1.807, 2.05) is 12.1 Å². The van der Waals surface area contributed by atoms with E-state index in [1.54, 1.807) is 12.3 Å². The number of hydrogen-bond acceptors (Lipinski definition) is 4. The minimum absolute atomic E-state index is 0.176. The number of aromatic carboxylic acids is 1. The van der Waals surface area contributed by atoms with Crippen LogP contribution in [0.3, 0.4) is 0 Å². The zero-order valence-electron chi connectivity index (χ0n) is 9.93. The number of halogens is 1. The Labute approximate surface area is 108 Å². The van der Waals surface area contributed by atoms with E-state index < -0.39 is 17.3 Å². The standard InChI is InChI=1S/C13H12FN3O2/c14-10-6-12(11(15)5-9(10)13(18)19)17-7-8-3-1-2-4-16-8/h1-6,17H,7,15H2,(H,18,19). The molecule has 0 aliphatic rings. The molecule has 0 bridgehead atoms. The van der Waals surface area contributed by atoms with Crippen LogP contribution in [0.5, 0.6) is 0 Å². The summed E-state index contributed by atoms with van der Waals surface area (Å²) in [6.45, 7) is 0.372. The number of nitrogens with zero attached hydrogens (tertiary/aromatic N) is 1. The molecule has 0 saturated carbocycles.